The number of nitrogens with one attached hydrogen (secondary N) is 1. The van der Waals surface area contributed by atoms with Gasteiger partial charge >= 0.3 is 6.09 Å². The standard InChI is InChI=1S/C29H32N4O5S2/c1-29(2,3)38-28(36)32-12-10-31(11-13-32)16-19-4-6-20(7-5-19)17-33-22-14-21(8-9-23(22)37-18-25(33)34)15-24-26(35)30-27(39)40-24/h4-9,14-15H,10-13,16-18H2,1-3H3,(H,30,35,39)/b24-15+. The summed E-state index contributed by atoms with van der Waals surface area (Å²) in [5.41, 5.74) is 3.13. The Balaban J connectivity index is 1.21. The summed E-state index contributed by atoms with van der Waals surface area (Å²) in [6, 6.07) is 13.8. The van der Waals surface area contributed by atoms with E-state index in [-0.39, 0.29) is 24.5 Å². The van der Waals surface area contributed by atoms with Crippen LogP contribution < -0.4 is 15.0 Å². The van der Waals surface area contributed by atoms with Crippen LogP contribution in [0.25, 0.3) is 6.08 Å². The molecule has 2 aromatic carbocycles. The molecule has 5 rings (SSSR count). The highest BCUT2D eigenvalue weighted by Gasteiger charge is 2.28. The van der Waals surface area contributed by atoms with Gasteiger partial charge in [-0.25, -0.2) is 4.79 Å². The summed E-state index contributed by atoms with van der Waals surface area (Å²) in [5.74, 6) is 0.281. The maximum atomic E-state index is 12.8. The van der Waals surface area contributed by atoms with Crippen LogP contribution in [0.5, 0.6) is 5.75 Å². The van der Waals surface area contributed by atoms with E-state index in [0.29, 0.717) is 40.3 Å². The summed E-state index contributed by atoms with van der Waals surface area (Å²) < 4.78 is 11.6. The number of carbonyl (C=O) groups is 3. The van der Waals surface area contributed by atoms with Crippen LogP contribution in [-0.4, -0.2) is 70.4 Å². The minimum Gasteiger partial charge on any atom is -0.482 e. The number of fused-ring (bicyclic) bond motifs is 1. The van der Waals surface area contributed by atoms with E-state index in [1.807, 2.05) is 51.1 Å². The molecule has 3 amide bonds. The van der Waals surface area contributed by atoms with Crippen LogP contribution in [0.1, 0.15) is 37.5 Å². The Morgan fingerprint density at radius 2 is 1.73 bits per heavy atom. The summed E-state index contributed by atoms with van der Waals surface area (Å²) in [4.78, 5) is 43.6. The van der Waals surface area contributed by atoms with Crippen LogP contribution in [0.4, 0.5) is 10.5 Å². The molecule has 0 aromatic heterocycles. The first-order valence-corrected chi connectivity index (χ1v) is 14.4. The highest BCUT2D eigenvalue weighted by Crippen LogP contribution is 2.36. The molecule has 3 heterocycles. The van der Waals surface area contributed by atoms with Gasteiger partial charge in [-0.15, -0.1) is 0 Å². The molecule has 0 unspecified atom stereocenters. The van der Waals surface area contributed by atoms with E-state index in [1.54, 1.807) is 15.9 Å². The van der Waals surface area contributed by atoms with Crippen molar-refractivity contribution in [2.45, 2.75) is 39.5 Å². The number of hydrogen-bond acceptors (Lipinski definition) is 8. The molecule has 0 aliphatic carbocycles. The minimum absolute atomic E-state index is 0.0205. The van der Waals surface area contributed by atoms with Gasteiger partial charge in [0.1, 0.15) is 15.7 Å². The first kappa shape index (κ1) is 28.1. The van der Waals surface area contributed by atoms with Crippen LogP contribution in [0, 0.1) is 0 Å². The number of rotatable bonds is 5. The normalized spacial score (nSPS) is 19.0. The lowest BCUT2D eigenvalue weighted by molar-refractivity contribution is -0.121. The van der Waals surface area contributed by atoms with Gasteiger partial charge in [-0.3, -0.25) is 14.5 Å². The predicted molar refractivity (Wildman–Crippen MR) is 159 cm³/mol. The lowest BCUT2D eigenvalue weighted by Gasteiger charge is -2.35. The molecule has 1 N–H and O–H groups in total. The van der Waals surface area contributed by atoms with E-state index >= 15 is 0 Å². The Morgan fingerprint density at radius 1 is 1.05 bits per heavy atom. The van der Waals surface area contributed by atoms with Crippen molar-refractivity contribution in [1.82, 2.24) is 15.1 Å². The number of piperazine rings is 1. The van der Waals surface area contributed by atoms with Gasteiger partial charge in [0.15, 0.2) is 6.61 Å². The summed E-state index contributed by atoms with van der Waals surface area (Å²) in [6.07, 6.45) is 1.51. The molecule has 9 nitrogen and oxygen atoms in total. The van der Waals surface area contributed by atoms with E-state index in [1.165, 1.54) is 17.3 Å². The van der Waals surface area contributed by atoms with Gasteiger partial charge in [-0.1, -0.05) is 54.3 Å². The van der Waals surface area contributed by atoms with E-state index < -0.39 is 5.60 Å². The first-order chi connectivity index (χ1) is 19.0. The largest absolute Gasteiger partial charge is 0.482 e. The number of ether oxygens (including phenoxy) is 2. The number of benzene rings is 2. The fourth-order valence-electron chi connectivity index (χ4n) is 4.66. The van der Waals surface area contributed by atoms with Gasteiger partial charge in [-0.05, 0) is 55.7 Å². The van der Waals surface area contributed by atoms with Crippen LogP contribution in [0.15, 0.2) is 47.4 Å². The van der Waals surface area contributed by atoms with Crippen molar-refractivity contribution in [2.24, 2.45) is 0 Å². The van der Waals surface area contributed by atoms with Crippen LogP contribution in [0.3, 0.4) is 0 Å². The van der Waals surface area contributed by atoms with Crippen molar-refractivity contribution in [1.29, 1.82) is 0 Å². The summed E-state index contributed by atoms with van der Waals surface area (Å²) in [6.45, 7) is 9.64. The number of thioether (sulfide) groups is 1. The van der Waals surface area contributed by atoms with Crippen LogP contribution in [0.2, 0.25) is 0 Å². The van der Waals surface area contributed by atoms with Gasteiger partial charge in [0.2, 0.25) is 0 Å². The van der Waals surface area contributed by atoms with E-state index in [9.17, 15) is 14.4 Å². The molecule has 210 valence electrons. The zero-order valence-corrected chi connectivity index (χ0v) is 24.4. The van der Waals surface area contributed by atoms with E-state index in [0.717, 1.165) is 30.8 Å². The molecule has 0 bridgehead atoms. The van der Waals surface area contributed by atoms with Gasteiger partial charge < -0.3 is 24.6 Å². The smallest absolute Gasteiger partial charge is 0.410 e. The second kappa shape index (κ2) is 11.6. The molecule has 0 spiro atoms. The lowest BCUT2D eigenvalue weighted by Crippen LogP contribution is -2.49. The fraction of sp³-hybridized carbons (Fsp3) is 0.379. The molecule has 2 saturated heterocycles. The van der Waals surface area contributed by atoms with Gasteiger partial charge in [0, 0.05) is 32.7 Å². The quantitative estimate of drug-likeness (QED) is 0.417. The zero-order chi connectivity index (χ0) is 28.4. The third-order valence-corrected chi connectivity index (χ3v) is 7.82. The maximum Gasteiger partial charge on any atom is 0.410 e. The van der Waals surface area contributed by atoms with Gasteiger partial charge in [-0.2, -0.15) is 0 Å². The monoisotopic (exact) mass is 580 g/mol. The predicted octanol–water partition coefficient (Wildman–Crippen LogP) is 4.15. The molecule has 3 aliphatic rings. The first-order valence-electron chi connectivity index (χ1n) is 13.1. The van der Waals surface area contributed by atoms with E-state index in [2.05, 4.69) is 22.3 Å². The fourth-order valence-corrected chi connectivity index (χ4v) is 5.70. The number of thiocarbonyl (C=S) groups is 1. The van der Waals surface area contributed by atoms with Gasteiger partial charge in [0.25, 0.3) is 11.8 Å². The molecule has 2 fully saturated rings. The van der Waals surface area contributed by atoms with Crippen molar-refractivity contribution in [3.05, 3.63) is 64.1 Å². The third kappa shape index (κ3) is 6.83. The molecule has 0 saturated carbocycles. The Kier molecular flexibility index (Phi) is 8.16. The minimum atomic E-state index is -0.495. The zero-order valence-electron chi connectivity index (χ0n) is 22.8. The number of amides is 3. The van der Waals surface area contributed by atoms with Crippen LogP contribution in [-0.2, 0) is 27.4 Å². The molecular formula is C29H32N4O5S2. The van der Waals surface area contributed by atoms with Crippen molar-refractivity contribution < 1.29 is 23.9 Å². The molecule has 40 heavy (non-hydrogen) atoms. The Bertz CT molecular complexity index is 1360. The van der Waals surface area contributed by atoms with Crippen molar-refractivity contribution in [3.8, 4) is 5.75 Å². The van der Waals surface area contributed by atoms with Crippen molar-refractivity contribution >= 4 is 58.0 Å². The molecular weight excluding hydrogens is 548 g/mol. The number of nitrogens with zero attached hydrogens (tertiary/aromatic N) is 3. The lowest BCUT2D eigenvalue weighted by atomic mass is 10.1. The Hall–Kier alpha value is -3.41. The highest BCUT2D eigenvalue weighted by atomic mass is 32.2. The second-order valence-corrected chi connectivity index (χ2v) is 12.6. The topological polar surface area (TPSA) is 91.4 Å². The van der Waals surface area contributed by atoms with E-state index in [4.69, 9.17) is 21.7 Å². The van der Waals surface area contributed by atoms with Crippen molar-refractivity contribution in [3.63, 3.8) is 0 Å². The molecule has 0 radical (unpaired) electrons. The molecule has 2 aromatic rings. The third-order valence-electron chi connectivity index (χ3n) is 6.66. The second-order valence-electron chi connectivity index (χ2n) is 10.9. The average molecular weight is 581 g/mol. The Morgan fingerprint density at radius 3 is 2.35 bits per heavy atom. The summed E-state index contributed by atoms with van der Waals surface area (Å²) in [7, 11) is 0. The SMILES string of the molecule is CC(C)(C)OC(=O)N1CCN(Cc2ccc(CN3C(=O)COc4ccc(/C=C5/SC(=S)NC5=O)cc43)cc2)CC1. The Labute approximate surface area is 243 Å². The summed E-state index contributed by atoms with van der Waals surface area (Å²) >= 11 is 6.29. The number of hydrogen-bond donors (Lipinski definition) is 1. The van der Waals surface area contributed by atoms with Crippen LogP contribution >= 0.6 is 24.0 Å². The molecule has 0 atom stereocenters. The molecule has 11 heteroatoms. The summed E-state index contributed by atoms with van der Waals surface area (Å²) in [5, 5.41) is 2.62. The number of anilines is 1. The highest BCUT2D eigenvalue weighted by molar-refractivity contribution is 8.26. The van der Waals surface area contributed by atoms with Gasteiger partial charge in [0.05, 0.1) is 17.1 Å². The van der Waals surface area contributed by atoms with Crippen molar-refractivity contribution in [2.75, 3.05) is 37.7 Å². The maximum absolute atomic E-state index is 12.8. The average Bonchev–Trinajstić information content (AvgIpc) is 3.22. The number of carbonyl (C=O) groups excluding carboxylic acids is 3. The molecule has 3 aliphatic heterocycles.